The summed E-state index contributed by atoms with van der Waals surface area (Å²) in [7, 11) is 0. The van der Waals surface area contributed by atoms with Gasteiger partial charge in [0.05, 0.1) is 6.10 Å². The molecule has 0 aromatic carbocycles. The van der Waals surface area contributed by atoms with E-state index in [1.54, 1.807) is 0 Å². The van der Waals surface area contributed by atoms with E-state index in [9.17, 15) is 0 Å². The van der Waals surface area contributed by atoms with Gasteiger partial charge in [-0.05, 0) is 13.3 Å². The van der Waals surface area contributed by atoms with Crippen molar-refractivity contribution in [3.8, 4) is 0 Å². The molecule has 2 nitrogen and oxygen atoms in total. The van der Waals surface area contributed by atoms with Crippen LogP contribution in [0.4, 0.5) is 0 Å². The lowest BCUT2D eigenvalue weighted by Crippen LogP contribution is -2.20. The average molecular weight is 131 g/mol. The van der Waals surface area contributed by atoms with E-state index in [-0.39, 0.29) is 12.5 Å². The molecule has 55 valence electrons. The van der Waals surface area contributed by atoms with Crippen LogP contribution < -0.4 is 0 Å². The fourth-order valence-electron chi connectivity index (χ4n) is 0.653. The lowest BCUT2D eigenvalue weighted by Gasteiger charge is -2.14. The van der Waals surface area contributed by atoms with Gasteiger partial charge in [0.2, 0.25) is 0 Å². The summed E-state index contributed by atoms with van der Waals surface area (Å²) >= 11 is 0. The Kier molecular flexibility index (Phi) is 4.72. The van der Waals surface area contributed by atoms with Crippen molar-refractivity contribution < 1.29 is 10.2 Å². The van der Waals surface area contributed by atoms with Crippen LogP contribution in [0.25, 0.3) is 0 Å². The molecule has 2 heteroatoms. The smallest absolute Gasteiger partial charge is 0.0590 e. The van der Waals surface area contributed by atoms with Gasteiger partial charge in [-0.25, -0.2) is 0 Å². The maximum absolute atomic E-state index is 9.10. The first kappa shape index (κ1) is 8.92. The van der Waals surface area contributed by atoms with Gasteiger partial charge >= 0.3 is 0 Å². The molecule has 0 aliphatic heterocycles. The molecule has 1 radical (unpaired) electrons. The van der Waals surface area contributed by atoms with Gasteiger partial charge in [0.15, 0.2) is 0 Å². The summed E-state index contributed by atoms with van der Waals surface area (Å²) in [5, 5.41) is 17.6. The third kappa shape index (κ3) is 3.49. The molecule has 0 aliphatic rings. The van der Waals surface area contributed by atoms with Crippen LogP contribution in [0.1, 0.15) is 19.8 Å². The molecule has 2 unspecified atom stereocenters. The Morgan fingerprint density at radius 2 is 2.11 bits per heavy atom. The average Bonchev–Trinajstić information content (AvgIpc) is 1.87. The molecule has 0 amide bonds. The summed E-state index contributed by atoms with van der Waals surface area (Å²) in [6.07, 6.45) is 1.24. The van der Waals surface area contributed by atoms with E-state index in [0.29, 0.717) is 0 Å². The normalized spacial score (nSPS) is 17.3. The van der Waals surface area contributed by atoms with Gasteiger partial charge in [0.25, 0.3) is 0 Å². The highest BCUT2D eigenvalue weighted by Crippen LogP contribution is 2.06. The lowest BCUT2D eigenvalue weighted by molar-refractivity contribution is 0.0828. The SMILES string of the molecule is [CH2]C(CO)C(O)CCC. The third-order valence-electron chi connectivity index (χ3n) is 1.36. The monoisotopic (exact) mass is 131 g/mol. The molecule has 0 saturated heterocycles. The molecule has 0 bridgehead atoms. The Bertz CT molecular complexity index is 63.9. The number of rotatable bonds is 4. The minimum Gasteiger partial charge on any atom is -0.396 e. The van der Waals surface area contributed by atoms with Gasteiger partial charge in [-0.3, -0.25) is 0 Å². The molecule has 2 N–H and O–H groups in total. The number of aliphatic hydroxyl groups excluding tert-OH is 2. The second kappa shape index (κ2) is 4.77. The van der Waals surface area contributed by atoms with Crippen LogP contribution in [0.3, 0.4) is 0 Å². The van der Waals surface area contributed by atoms with E-state index in [0.717, 1.165) is 12.8 Å². The predicted octanol–water partition coefficient (Wildman–Crippen LogP) is 0.590. The highest BCUT2D eigenvalue weighted by atomic mass is 16.3. The Morgan fingerprint density at radius 1 is 1.56 bits per heavy atom. The first-order chi connectivity index (χ1) is 4.22. The van der Waals surface area contributed by atoms with Gasteiger partial charge in [0, 0.05) is 12.5 Å². The van der Waals surface area contributed by atoms with Crippen molar-refractivity contribution in [2.75, 3.05) is 6.61 Å². The van der Waals surface area contributed by atoms with Crippen LogP contribution in [-0.2, 0) is 0 Å². The number of hydrogen-bond acceptors (Lipinski definition) is 2. The molecular formula is C7H15O2. The number of aliphatic hydroxyl groups is 2. The van der Waals surface area contributed by atoms with Crippen LogP contribution >= 0.6 is 0 Å². The van der Waals surface area contributed by atoms with Gasteiger partial charge in [-0.1, -0.05) is 13.3 Å². The topological polar surface area (TPSA) is 40.5 Å². The first-order valence-corrected chi connectivity index (χ1v) is 3.34. The minimum absolute atomic E-state index is 0.0266. The molecule has 0 spiro atoms. The summed E-state index contributed by atoms with van der Waals surface area (Å²) in [5.74, 6) is -0.218. The summed E-state index contributed by atoms with van der Waals surface area (Å²) in [4.78, 5) is 0. The molecule has 0 aromatic rings. The van der Waals surface area contributed by atoms with Crippen molar-refractivity contribution in [2.24, 2.45) is 5.92 Å². The van der Waals surface area contributed by atoms with Crippen molar-refractivity contribution in [2.45, 2.75) is 25.9 Å². The maximum atomic E-state index is 9.10. The van der Waals surface area contributed by atoms with E-state index in [1.165, 1.54) is 0 Å². The van der Waals surface area contributed by atoms with Gasteiger partial charge in [-0.15, -0.1) is 0 Å². The molecule has 0 fully saturated rings. The largest absolute Gasteiger partial charge is 0.396 e. The summed E-state index contributed by atoms with van der Waals surface area (Å²) in [6, 6.07) is 0. The zero-order valence-electron chi connectivity index (χ0n) is 5.88. The second-order valence-corrected chi connectivity index (χ2v) is 2.30. The van der Waals surface area contributed by atoms with Crippen LogP contribution in [0.2, 0.25) is 0 Å². The Labute approximate surface area is 56.5 Å². The van der Waals surface area contributed by atoms with Crippen LogP contribution in [-0.4, -0.2) is 22.9 Å². The van der Waals surface area contributed by atoms with Gasteiger partial charge < -0.3 is 10.2 Å². The zero-order chi connectivity index (χ0) is 7.28. The number of hydrogen-bond donors (Lipinski definition) is 2. The van der Waals surface area contributed by atoms with Gasteiger partial charge in [0.1, 0.15) is 0 Å². The van der Waals surface area contributed by atoms with Crippen LogP contribution in [0.5, 0.6) is 0 Å². The Balaban J connectivity index is 3.32. The quantitative estimate of drug-likeness (QED) is 0.586. The predicted molar refractivity (Wildman–Crippen MR) is 36.8 cm³/mol. The van der Waals surface area contributed by atoms with Crippen molar-refractivity contribution in [1.29, 1.82) is 0 Å². The van der Waals surface area contributed by atoms with E-state index < -0.39 is 6.10 Å². The first-order valence-electron chi connectivity index (χ1n) is 3.34. The van der Waals surface area contributed by atoms with E-state index in [1.807, 2.05) is 6.92 Å². The fraction of sp³-hybridized carbons (Fsp3) is 0.857. The molecular weight excluding hydrogens is 116 g/mol. The molecule has 2 atom stereocenters. The third-order valence-corrected chi connectivity index (χ3v) is 1.36. The molecule has 0 aromatic heterocycles. The van der Waals surface area contributed by atoms with Crippen molar-refractivity contribution in [3.05, 3.63) is 6.92 Å². The highest BCUT2D eigenvalue weighted by molar-refractivity contribution is 4.68. The second-order valence-electron chi connectivity index (χ2n) is 2.30. The standard InChI is InChI=1S/C7H15O2/c1-3-4-7(9)6(2)5-8/h6-9H,2-5H2,1H3. The Hall–Kier alpha value is -0.0800. The molecule has 0 rings (SSSR count). The van der Waals surface area contributed by atoms with E-state index in [2.05, 4.69) is 6.92 Å². The van der Waals surface area contributed by atoms with Crippen molar-refractivity contribution in [3.63, 3.8) is 0 Å². The fourth-order valence-corrected chi connectivity index (χ4v) is 0.653. The Morgan fingerprint density at radius 3 is 2.44 bits per heavy atom. The maximum Gasteiger partial charge on any atom is 0.0590 e. The minimum atomic E-state index is -0.431. The van der Waals surface area contributed by atoms with E-state index >= 15 is 0 Å². The lowest BCUT2D eigenvalue weighted by atomic mass is 10.0. The van der Waals surface area contributed by atoms with E-state index in [4.69, 9.17) is 10.2 Å². The van der Waals surface area contributed by atoms with Crippen LogP contribution in [0.15, 0.2) is 0 Å². The summed E-state index contributed by atoms with van der Waals surface area (Å²) in [5.41, 5.74) is 0. The zero-order valence-corrected chi connectivity index (χ0v) is 5.88. The summed E-state index contributed by atoms with van der Waals surface area (Å²) in [6.45, 7) is 5.54. The van der Waals surface area contributed by atoms with Gasteiger partial charge in [-0.2, -0.15) is 0 Å². The molecule has 0 saturated carbocycles. The molecule has 0 aliphatic carbocycles. The van der Waals surface area contributed by atoms with Crippen molar-refractivity contribution in [1.82, 2.24) is 0 Å². The molecule has 0 heterocycles. The molecule has 9 heavy (non-hydrogen) atoms. The van der Waals surface area contributed by atoms with Crippen LogP contribution in [0, 0.1) is 12.8 Å². The summed E-state index contributed by atoms with van der Waals surface area (Å²) < 4.78 is 0. The van der Waals surface area contributed by atoms with Crippen molar-refractivity contribution >= 4 is 0 Å². The highest BCUT2D eigenvalue weighted by Gasteiger charge is 2.10.